The number of rotatable bonds is 6. The number of ether oxygens (including phenoxy) is 3. The number of hydrogen-bond donors (Lipinski definition) is 0. The number of benzene rings is 2. The number of carbonyl (C=O) groups excluding carboxylic acids is 2. The molecule has 0 bridgehead atoms. The summed E-state index contributed by atoms with van der Waals surface area (Å²) in [5.41, 5.74) is 2.28. The van der Waals surface area contributed by atoms with Crippen LogP contribution in [0.4, 0.5) is 0 Å². The lowest BCUT2D eigenvalue weighted by molar-refractivity contribution is 0.0533. The summed E-state index contributed by atoms with van der Waals surface area (Å²) in [5.74, 6) is 1.22. The van der Waals surface area contributed by atoms with Gasteiger partial charge >= 0.3 is 0 Å². The van der Waals surface area contributed by atoms with Gasteiger partial charge in [-0.15, -0.1) is 0 Å². The van der Waals surface area contributed by atoms with Crippen molar-refractivity contribution in [2.45, 2.75) is 13.3 Å². The number of aryl methyl sites for hydroxylation is 1. The molecule has 0 atom stereocenters. The van der Waals surface area contributed by atoms with Crippen LogP contribution < -0.4 is 14.2 Å². The van der Waals surface area contributed by atoms with Gasteiger partial charge in [-0.1, -0.05) is 19.1 Å². The van der Waals surface area contributed by atoms with Crippen LogP contribution in [-0.4, -0.2) is 69.1 Å². The Labute approximate surface area is 177 Å². The molecular formula is C23H28N2O5. The molecule has 7 heteroatoms. The van der Waals surface area contributed by atoms with Gasteiger partial charge < -0.3 is 24.0 Å². The molecule has 1 aliphatic rings. The van der Waals surface area contributed by atoms with Crippen LogP contribution in [0.1, 0.15) is 33.2 Å². The Kier molecular flexibility index (Phi) is 6.82. The zero-order valence-electron chi connectivity index (χ0n) is 17.9. The van der Waals surface area contributed by atoms with Crippen molar-refractivity contribution in [3.8, 4) is 17.2 Å². The van der Waals surface area contributed by atoms with Crippen LogP contribution in [0.15, 0.2) is 36.4 Å². The van der Waals surface area contributed by atoms with E-state index >= 15 is 0 Å². The Bertz CT molecular complexity index is 903. The molecule has 0 saturated carbocycles. The molecular weight excluding hydrogens is 384 g/mol. The average Bonchev–Trinajstić information content (AvgIpc) is 2.82. The van der Waals surface area contributed by atoms with E-state index in [1.807, 2.05) is 24.3 Å². The fourth-order valence-corrected chi connectivity index (χ4v) is 3.54. The zero-order valence-corrected chi connectivity index (χ0v) is 17.9. The fraction of sp³-hybridized carbons (Fsp3) is 0.391. The summed E-state index contributed by atoms with van der Waals surface area (Å²) >= 11 is 0. The maximum atomic E-state index is 13.1. The van der Waals surface area contributed by atoms with Crippen molar-refractivity contribution in [3.05, 3.63) is 53.1 Å². The molecule has 2 aromatic rings. The molecule has 0 radical (unpaired) electrons. The van der Waals surface area contributed by atoms with E-state index in [1.165, 1.54) is 26.9 Å². The van der Waals surface area contributed by atoms with Crippen LogP contribution in [0.5, 0.6) is 17.2 Å². The second kappa shape index (κ2) is 9.52. The summed E-state index contributed by atoms with van der Waals surface area (Å²) in [4.78, 5) is 29.4. The first-order valence-corrected chi connectivity index (χ1v) is 9.99. The Morgan fingerprint density at radius 3 is 1.77 bits per heavy atom. The van der Waals surface area contributed by atoms with E-state index in [-0.39, 0.29) is 11.8 Å². The van der Waals surface area contributed by atoms with Crippen molar-refractivity contribution >= 4 is 11.8 Å². The van der Waals surface area contributed by atoms with E-state index in [9.17, 15) is 9.59 Å². The van der Waals surface area contributed by atoms with Gasteiger partial charge in [0.1, 0.15) is 5.75 Å². The topological polar surface area (TPSA) is 68.3 Å². The van der Waals surface area contributed by atoms with E-state index in [0.717, 1.165) is 6.42 Å². The standard InChI is InChI=1S/C23H28N2O5/c1-5-16-6-8-17(9-7-16)22(26)24-10-12-25(13-11-24)23(27)18-14-20(29-3)21(30-4)15-19(18)28-2/h6-9,14-15H,5,10-13H2,1-4H3. The predicted octanol–water partition coefficient (Wildman–Crippen LogP) is 2.87. The van der Waals surface area contributed by atoms with Crippen LogP contribution in [-0.2, 0) is 6.42 Å². The van der Waals surface area contributed by atoms with Gasteiger partial charge in [-0.05, 0) is 24.1 Å². The number of piperazine rings is 1. The quantitative estimate of drug-likeness (QED) is 0.730. The molecule has 2 amide bonds. The molecule has 1 saturated heterocycles. The number of hydrogen-bond acceptors (Lipinski definition) is 5. The Balaban J connectivity index is 1.70. The van der Waals surface area contributed by atoms with Crippen LogP contribution in [0, 0.1) is 0 Å². The minimum Gasteiger partial charge on any atom is -0.496 e. The molecule has 30 heavy (non-hydrogen) atoms. The Morgan fingerprint density at radius 2 is 1.27 bits per heavy atom. The van der Waals surface area contributed by atoms with Crippen molar-refractivity contribution in [1.82, 2.24) is 9.80 Å². The van der Waals surface area contributed by atoms with Crippen molar-refractivity contribution in [1.29, 1.82) is 0 Å². The van der Waals surface area contributed by atoms with Gasteiger partial charge in [0, 0.05) is 43.9 Å². The largest absolute Gasteiger partial charge is 0.496 e. The van der Waals surface area contributed by atoms with Crippen molar-refractivity contribution in [2.24, 2.45) is 0 Å². The molecule has 3 rings (SSSR count). The monoisotopic (exact) mass is 412 g/mol. The van der Waals surface area contributed by atoms with E-state index in [1.54, 1.807) is 21.9 Å². The second-order valence-corrected chi connectivity index (χ2v) is 7.04. The highest BCUT2D eigenvalue weighted by atomic mass is 16.5. The number of methoxy groups -OCH3 is 3. The number of nitrogens with zero attached hydrogens (tertiary/aromatic N) is 2. The molecule has 1 aliphatic heterocycles. The first-order valence-electron chi connectivity index (χ1n) is 9.99. The van der Waals surface area contributed by atoms with Crippen molar-refractivity contribution in [3.63, 3.8) is 0 Å². The molecule has 160 valence electrons. The van der Waals surface area contributed by atoms with Crippen LogP contribution in [0.25, 0.3) is 0 Å². The van der Waals surface area contributed by atoms with E-state index in [0.29, 0.717) is 54.6 Å². The van der Waals surface area contributed by atoms with Gasteiger partial charge in [0.05, 0.1) is 26.9 Å². The molecule has 0 spiro atoms. The summed E-state index contributed by atoms with van der Waals surface area (Å²) in [6.45, 7) is 3.95. The third-order valence-electron chi connectivity index (χ3n) is 5.40. The van der Waals surface area contributed by atoms with Crippen LogP contribution in [0.2, 0.25) is 0 Å². The highest BCUT2D eigenvalue weighted by Crippen LogP contribution is 2.35. The van der Waals surface area contributed by atoms with E-state index < -0.39 is 0 Å². The average molecular weight is 412 g/mol. The lowest BCUT2D eigenvalue weighted by Crippen LogP contribution is -2.50. The lowest BCUT2D eigenvalue weighted by atomic mass is 10.1. The first-order chi connectivity index (χ1) is 14.5. The SMILES string of the molecule is CCc1ccc(C(=O)N2CCN(C(=O)c3cc(OC)c(OC)cc3OC)CC2)cc1. The first kappa shape index (κ1) is 21.5. The van der Waals surface area contributed by atoms with Crippen molar-refractivity contribution in [2.75, 3.05) is 47.5 Å². The van der Waals surface area contributed by atoms with Gasteiger partial charge in [0.25, 0.3) is 11.8 Å². The third-order valence-corrected chi connectivity index (χ3v) is 5.40. The maximum Gasteiger partial charge on any atom is 0.257 e. The van der Waals surface area contributed by atoms with Gasteiger partial charge in [-0.25, -0.2) is 0 Å². The smallest absolute Gasteiger partial charge is 0.257 e. The molecule has 1 heterocycles. The van der Waals surface area contributed by atoms with Gasteiger partial charge in [0.2, 0.25) is 0 Å². The second-order valence-electron chi connectivity index (χ2n) is 7.04. The summed E-state index contributed by atoms with van der Waals surface area (Å²) in [6, 6.07) is 11.0. The molecule has 0 aliphatic carbocycles. The van der Waals surface area contributed by atoms with Crippen LogP contribution >= 0.6 is 0 Å². The van der Waals surface area contributed by atoms with E-state index in [4.69, 9.17) is 14.2 Å². The predicted molar refractivity (Wildman–Crippen MR) is 114 cm³/mol. The minimum atomic E-state index is -0.160. The summed E-state index contributed by atoms with van der Waals surface area (Å²) < 4.78 is 16.0. The van der Waals surface area contributed by atoms with Gasteiger partial charge in [0.15, 0.2) is 11.5 Å². The van der Waals surface area contributed by atoms with Gasteiger partial charge in [-0.3, -0.25) is 9.59 Å². The summed E-state index contributed by atoms with van der Waals surface area (Å²) in [5, 5.41) is 0. The molecule has 2 aromatic carbocycles. The minimum absolute atomic E-state index is 0.00607. The Morgan fingerprint density at radius 1 is 0.767 bits per heavy atom. The highest BCUT2D eigenvalue weighted by Gasteiger charge is 2.28. The zero-order chi connectivity index (χ0) is 21.7. The molecule has 0 unspecified atom stereocenters. The number of amides is 2. The maximum absolute atomic E-state index is 13.1. The van der Waals surface area contributed by atoms with E-state index in [2.05, 4.69) is 6.92 Å². The third kappa shape index (κ3) is 4.35. The van der Waals surface area contributed by atoms with Crippen LogP contribution in [0.3, 0.4) is 0 Å². The Hall–Kier alpha value is -3.22. The molecule has 0 N–H and O–H groups in total. The lowest BCUT2D eigenvalue weighted by Gasteiger charge is -2.35. The normalized spacial score (nSPS) is 13.7. The van der Waals surface area contributed by atoms with Crippen molar-refractivity contribution < 1.29 is 23.8 Å². The molecule has 7 nitrogen and oxygen atoms in total. The van der Waals surface area contributed by atoms with Gasteiger partial charge in [-0.2, -0.15) is 0 Å². The molecule has 0 aromatic heterocycles. The summed E-state index contributed by atoms with van der Waals surface area (Å²) in [6.07, 6.45) is 0.939. The summed E-state index contributed by atoms with van der Waals surface area (Å²) in [7, 11) is 4.57. The number of carbonyl (C=O) groups is 2. The highest BCUT2D eigenvalue weighted by molar-refractivity contribution is 5.98. The fourth-order valence-electron chi connectivity index (χ4n) is 3.54. The molecule has 1 fully saturated rings.